The summed E-state index contributed by atoms with van der Waals surface area (Å²) in [6, 6.07) is 11.9. The van der Waals surface area contributed by atoms with E-state index in [-0.39, 0.29) is 17.9 Å². The Morgan fingerprint density at radius 2 is 1.87 bits per heavy atom. The van der Waals surface area contributed by atoms with Gasteiger partial charge in [0.25, 0.3) is 0 Å². The maximum absolute atomic E-state index is 12.6. The van der Waals surface area contributed by atoms with E-state index in [4.69, 9.17) is 21.1 Å². The van der Waals surface area contributed by atoms with Crippen molar-refractivity contribution in [1.29, 1.82) is 0 Å². The third kappa shape index (κ3) is 5.32. The number of amides is 1. The number of ether oxygens (including phenoxy) is 2. The molecule has 0 unspecified atom stereocenters. The lowest BCUT2D eigenvalue weighted by molar-refractivity contribution is -0.386. The van der Waals surface area contributed by atoms with E-state index in [1.54, 1.807) is 49.4 Å². The molecule has 0 fully saturated rings. The summed E-state index contributed by atoms with van der Waals surface area (Å²) in [5.41, 5.74) is 0.810. The maximum atomic E-state index is 12.6. The Hall–Kier alpha value is -3.59. The first-order valence-corrected chi connectivity index (χ1v) is 9.84. The lowest BCUT2D eigenvalue weighted by Gasteiger charge is -2.13. The summed E-state index contributed by atoms with van der Waals surface area (Å²) in [5, 5.41) is 18.4. The molecule has 1 aromatic heterocycles. The minimum atomic E-state index is -0.508. The molecule has 0 radical (unpaired) electrons. The normalized spacial score (nSPS) is 10.6. The van der Waals surface area contributed by atoms with Crippen molar-refractivity contribution in [3.8, 4) is 17.2 Å². The second-order valence-corrected chi connectivity index (χ2v) is 7.07. The number of carbonyl (C=O) groups excluding carboxylic acids is 1. The zero-order valence-corrected chi connectivity index (χ0v) is 18.0. The van der Waals surface area contributed by atoms with E-state index in [1.165, 1.54) is 11.6 Å². The quantitative estimate of drug-likeness (QED) is 0.391. The zero-order chi connectivity index (χ0) is 22.5. The predicted molar refractivity (Wildman–Crippen MR) is 116 cm³/mol. The number of rotatable bonds is 8. The largest absolute Gasteiger partial charge is 0.494 e. The molecule has 1 N–H and O–H groups in total. The number of anilines is 1. The Bertz CT molecular complexity index is 1110. The van der Waals surface area contributed by atoms with E-state index in [1.807, 2.05) is 6.92 Å². The molecule has 3 aromatic rings. The molecule has 0 aliphatic heterocycles. The van der Waals surface area contributed by atoms with Crippen LogP contribution in [0.1, 0.15) is 18.3 Å². The second kappa shape index (κ2) is 9.48. The molecule has 0 bridgehead atoms. The highest BCUT2D eigenvalue weighted by atomic mass is 35.5. The van der Waals surface area contributed by atoms with Crippen LogP contribution in [0.5, 0.6) is 17.2 Å². The fourth-order valence-electron chi connectivity index (χ4n) is 3.02. The molecule has 0 aliphatic carbocycles. The summed E-state index contributed by atoms with van der Waals surface area (Å²) in [5.74, 6) is 1.23. The van der Waals surface area contributed by atoms with Gasteiger partial charge in [0.05, 0.1) is 17.2 Å². The number of hydrogen-bond donors (Lipinski definition) is 1. The Morgan fingerprint density at radius 1 is 1.19 bits per heavy atom. The van der Waals surface area contributed by atoms with Gasteiger partial charge in [-0.15, -0.1) is 0 Å². The number of nitro groups is 1. The van der Waals surface area contributed by atoms with E-state index in [0.29, 0.717) is 34.5 Å². The Kier molecular flexibility index (Phi) is 6.76. The minimum absolute atomic E-state index is 0.102. The number of nitrogens with zero attached hydrogens (tertiary/aromatic N) is 3. The number of carbonyl (C=O) groups is 1. The first-order chi connectivity index (χ1) is 14.8. The van der Waals surface area contributed by atoms with Crippen molar-refractivity contribution in [1.82, 2.24) is 9.78 Å². The van der Waals surface area contributed by atoms with Crippen LogP contribution in [0.15, 0.2) is 42.5 Å². The van der Waals surface area contributed by atoms with Crippen LogP contribution < -0.4 is 14.8 Å². The summed E-state index contributed by atoms with van der Waals surface area (Å²) >= 11 is 6.09. The molecular formula is C21H21ClN4O5. The molecule has 0 saturated carbocycles. The van der Waals surface area contributed by atoms with Gasteiger partial charge in [0, 0.05) is 5.02 Å². The first kappa shape index (κ1) is 22.1. The van der Waals surface area contributed by atoms with Crippen LogP contribution in [0.4, 0.5) is 11.4 Å². The highest BCUT2D eigenvalue weighted by Gasteiger charge is 2.23. The number of aromatic nitrogens is 2. The number of benzene rings is 2. The number of hydrogen-bond acceptors (Lipinski definition) is 6. The molecule has 9 nitrogen and oxygen atoms in total. The molecule has 0 spiro atoms. The molecule has 1 amide bonds. The van der Waals surface area contributed by atoms with Crippen LogP contribution in [-0.4, -0.2) is 27.2 Å². The van der Waals surface area contributed by atoms with Crippen molar-refractivity contribution in [3.05, 3.63) is 69.0 Å². The monoisotopic (exact) mass is 444 g/mol. The van der Waals surface area contributed by atoms with Crippen LogP contribution in [0.25, 0.3) is 0 Å². The lowest BCUT2D eigenvalue weighted by Crippen LogP contribution is -2.20. The van der Waals surface area contributed by atoms with Gasteiger partial charge in [0.1, 0.15) is 29.4 Å². The van der Waals surface area contributed by atoms with Crippen molar-refractivity contribution >= 4 is 28.9 Å². The summed E-state index contributed by atoms with van der Waals surface area (Å²) in [4.78, 5) is 23.3. The Labute approximate surface area is 183 Å². The van der Waals surface area contributed by atoms with Crippen LogP contribution in [0.3, 0.4) is 0 Å². The smallest absolute Gasteiger partial charge is 0.312 e. The average molecular weight is 445 g/mol. The van der Waals surface area contributed by atoms with E-state index in [9.17, 15) is 14.9 Å². The Morgan fingerprint density at radius 3 is 2.48 bits per heavy atom. The fourth-order valence-corrected chi connectivity index (χ4v) is 3.19. The Balaban J connectivity index is 1.77. The van der Waals surface area contributed by atoms with Crippen molar-refractivity contribution in [3.63, 3.8) is 0 Å². The van der Waals surface area contributed by atoms with Crippen molar-refractivity contribution in [2.45, 2.75) is 27.3 Å². The number of aryl methyl sites for hydroxylation is 1. The maximum Gasteiger partial charge on any atom is 0.312 e. The fraction of sp³-hybridized carbons (Fsp3) is 0.238. The molecule has 3 rings (SSSR count). The minimum Gasteiger partial charge on any atom is -0.494 e. The predicted octanol–water partition coefficient (Wildman–Crippen LogP) is 4.89. The topological polar surface area (TPSA) is 109 Å². The summed E-state index contributed by atoms with van der Waals surface area (Å²) in [6.07, 6.45) is 0. The molecule has 31 heavy (non-hydrogen) atoms. The van der Waals surface area contributed by atoms with Gasteiger partial charge in [-0.3, -0.25) is 19.6 Å². The number of nitrogens with one attached hydrogen (secondary N) is 1. The third-order valence-corrected chi connectivity index (χ3v) is 4.63. The average Bonchev–Trinajstić information content (AvgIpc) is 2.98. The van der Waals surface area contributed by atoms with E-state index >= 15 is 0 Å². The van der Waals surface area contributed by atoms with Gasteiger partial charge in [0.2, 0.25) is 5.91 Å². The summed E-state index contributed by atoms with van der Waals surface area (Å²) in [6.45, 7) is 5.34. The molecule has 10 heteroatoms. The molecular weight excluding hydrogens is 424 g/mol. The van der Waals surface area contributed by atoms with Crippen molar-refractivity contribution in [2.24, 2.45) is 0 Å². The SMILES string of the molecule is CCOc1ccc(Oc2ccc(Cl)cc2NC(=O)Cn2nc(C)c([N+](=O)[O-])c2C)cc1. The van der Waals surface area contributed by atoms with Gasteiger partial charge in [-0.1, -0.05) is 11.6 Å². The van der Waals surface area contributed by atoms with Gasteiger partial charge in [0.15, 0.2) is 5.75 Å². The molecule has 0 aliphatic rings. The zero-order valence-electron chi connectivity index (χ0n) is 17.2. The highest BCUT2D eigenvalue weighted by molar-refractivity contribution is 6.31. The van der Waals surface area contributed by atoms with Crippen LogP contribution in [0.2, 0.25) is 5.02 Å². The van der Waals surface area contributed by atoms with Crippen molar-refractivity contribution in [2.75, 3.05) is 11.9 Å². The molecule has 162 valence electrons. The second-order valence-electron chi connectivity index (χ2n) is 6.63. The van der Waals surface area contributed by atoms with Gasteiger partial charge >= 0.3 is 5.69 Å². The molecule has 1 heterocycles. The third-order valence-electron chi connectivity index (χ3n) is 4.40. The van der Waals surface area contributed by atoms with Gasteiger partial charge in [-0.2, -0.15) is 5.10 Å². The first-order valence-electron chi connectivity index (χ1n) is 9.47. The summed E-state index contributed by atoms with van der Waals surface area (Å²) in [7, 11) is 0. The standard InChI is InChI=1S/C21H21ClN4O5/c1-4-30-16-6-8-17(9-7-16)31-19-10-5-15(22)11-18(19)23-20(27)12-25-14(3)21(26(28)29)13(2)24-25/h5-11H,4,12H2,1-3H3,(H,23,27). The van der Waals surface area contributed by atoms with Gasteiger partial charge in [-0.05, 0) is 63.2 Å². The summed E-state index contributed by atoms with van der Waals surface area (Å²) < 4.78 is 12.6. The van der Waals surface area contributed by atoms with Crippen LogP contribution >= 0.6 is 11.6 Å². The molecule has 0 atom stereocenters. The van der Waals surface area contributed by atoms with Crippen LogP contribution in [-0.2, 0) is 11.3 Å². The number of halogens is 1. The van der Waals surface area contributed by atoms with E-state index < -0.39 is 10.8 Å². The highest BCUT2D eigenvalue weighted by Crippen LogP contribution is 2.33. The van der Waals surface area contributed by atoms with Crippen LogP contribution in [0, 0.1) is 24.0 Å². The van der Waals surface area contributed by atoms with Gasteiger partial charge in [-0.25, -0.2) is 0 Å². The van der Waals surface area contributed by atoms with E-state index in [2.05, 4.69) is 10.4 Å². The molecule has 2 aromatic carbocycles. The molecule has 0 saturated heterocycles. The lowest BCUT2D eigenvalue weighted by atomic mass is 10.2. The van der Waals surface area contributed by atoms with Gasteiger partial charge < -0.3 is 14.8 Å². The van der Waals surface area contributed by atoms with E-state index in [0.717, 1.165) is 5.75 Å². The van der Waals surface area contributed by atoms with Crippen molar-refractivity contribution < 1.29 is 19.2 Å².